The van der Waals surface area contributed by atoms with Crippen LogP contribution in [-0.4, -0.2) is 47.3 Å². The second kappa shape index (κ2) is 15.8. The van der Waals surface area contributed by atoms with Gasteiger partial charge in [0, 0.05) is 10.4 Å². The van der Waals surface area contributed by atoms with Crippen molar-refractivity contribution in [3.05, 3.63) is 23.2 Å². The number of ketones is 1. The van der Waals surface area contributed by atoms with E-state index in [4.69, 9.17) is 21.1 Å². The van der Waals surface area contributed by atoms with Crippen LogP contribution in [0.1, 0.15) is 105 Å². The number of hydrogen-bond donors (Lipinski definition) is 1. The summed E-state index contributed by atoms with van der Waals surface area (Å²) in [5, 5.41) is 3.03. The number of halogens is 1. The van der Waals surface area contributed by atoms with E-state index in [-0.39, 0.29) is 12.1 Å². The summed E-state index contributed by atoms with van der Waals surface area (Å²) < 4.78 is 11.0. The van der Waals surface area contributed by atoms with Gasteiger partial charge in [-0.25, -0.2) is 9.69 Å². The second-order valence-corrected chi connectivity index (χ2v) is 11.6. The summed E-state index contributed by atoms with van der Waals surface area (Å²) in [5.74, 6) is -1.73. The van der Waals surface area contributed by atoms with Gasteiger partial charge in [0.1, 0.15) is 5.75 Å². The minimum atomic E-state index is -1.68. The summed E-state index contributed by atoms with van der Waals surface area (Å²) in [6.45, 7) is 9.24. The van der Waals surface area contributed by atoms with E-state index in [2.05, 4.69) is 12.2 Å². The lowest BCUT2D eigenvalue weighted by Crippen LogP contribution is -2.55. The van der Waals surface area contributed by atoms with E-state index < -0.39 is 41.3 Å². The molecule has 1 aromatic carbocycles. The fourth-order valence-corrected chi connectivity index (χ4v) is 4.60. The number of cyclic esters (lactones) is 1. The van der Waals surface area contributed by atoms with E-state index in [1.54, 1.807) is 39.8 Å². The predicted molar refractivity (Wildman–Crippen MR) is 153 cm³/mol. The lowest BCUT2D eigenvalue weighted by molar-refractivity contribution is -0.144. The van der Waals surface area contributed by atoms with Gasteiger partial charge in [0.2, 0.25) is 0 Å². The molecule has 1 heterocycles. The van der Waals surface area contributed by atoms with Crippen LogP contribution in [0.3, 0.4) is 0 Å². The number of carbonyl (C=O) groups is 4. The molecule has 0 aromatic heterocycles. The molecule has 0 radical (unpaired) electrons. The molecule has 1 N–H and O–H groups in total. The standard InChI is InChI=1S/C30H45ClN2O6/c1-6-8-9-10-11-12-13-14-15-16-19-38-24-18-17-21(31)20-22(24)32-27(35)25(26(34)30(3,4)5)33-28(36)23(7-2)39-29(33)37/h17-18,20,23,25H,6-16,19H2,1-5H3,(H,32,35). The van der Waals surface area contributed by atoms with Crippen LogP contribution >= 0.6 is 11.6 Å². The first kappa shape index (κ1) is 32.6. The van der Waals surface area contributed by atoms with Crippen molar-refractivity contribution in [3.8, 4) is 5.75 Å². The molecule has 2 atom stereocenters. The molecular formula is C30H45ClN2O6. The summed E-state index contributed by atoms with van der Waals surface area (Å²) in [7, 11) is 0. The molecule has 8 nitrogen and oxygen atoms in total. The number of nitrogens with zero attached hydrogens (tertiary/aromatic N) is 1. The van der Waals surface area contributed by atoms with E-state index >= 15 is 0 Å². The zero-order valence-electron chi connectivity index (χ0n) is 24.1. The van der Waals surface area contributed by atoms with E-state index in [1.165, 1.54) is 51.0 Å². The first-order chi connectivity index (χ1) is 18.5. The van der Waals surface area contributed by atoms with Gasteiger partial charge < -0.3 is 14.8 Å². The van der Waals surface area contributed by atoms with E-state index in [1.807, 2.05) is 0 Å². The van der Waals surface area contributed by atoms with Gasteiger partial charge in [-0.2, -0.15) is 0 Å². The summed E-state index contributed by atoms with van der Waals surface area (Å²) in [6, 6.07) is 3.13. The van der Waals surface area contributed by atoms with Crippen LogP contribution in [0.4, 0.5) is 10.5 Å². The number of rotatable bonds is 17. The van der Waals surface area contributed by atoms with E-state index in [9.17, 15) is 19.2 Å². The number of hydrogen-bond acceptors (Lipinski definition) is 6. The summed E-state index contributed by atoms with van der Waals surface area (Å²) in [4.78, 5) is 52.7. The highest BCUT2D eigenvalue weighted by Crippen LogP contribution is 2.31. The van der Waals surface area contributed by atoms with Gasteiger partial charge in [-0.15, -0.1) is 0 Å². The maximum atomic E-state index is 13.5. The van der Waals surface area contributed by atoms with Crippen LogP contribution in [0.25, 0.3) is 0 Å². The number of carbonyl (C=O) groups excluding carboxylic acids is 4. The zero-order valence-corrected chi connectivity index (χ0v) is 24.9. The minimum absolute atomic E-state index is 0.240. The highest BCUT2D eigenvalue weighted by molar-refractivity contribution is 6.31. The van der Waals surface area contributed by atoms with Crippen molar-refractivity contribution < 1.29 is 28.7 Å². The molecule has 1 aromatic rings. The Morgan fingerprint density at radius 1 is 1.00 bits per heavy atom. The molecule has 3 amide bonds. The molecule has 0 bridgehead atoms. The molecule has 0 aliphatic carbocycles. The molecule has 0 saturated carbocycles. The second-order valence-electron chi connectivity index (χ2n) is 11.2. The van der Waals surface area contributed by atoms with Crippen LogP contribution in [-0.2, 0) is 19.1 Å². The molecule has 1 aliphatic heterocycles. The molecule has 39 heavy (non-hydrogen) atoms. The lowest BCUT2D eigenvalue weighted by atomic mass is 9.85. The molecule has 1 fully saturated rings. The molecule has 9 heteroatoms. The molecule has 218 valence electrons. The average molecular weight is 565 g/mol. The van der Waals surface area contributed by atoms with E-state index in [0.29, 0.717) is 22.3 Å². The Labute approximate surface area is 238 Å². The SMILES string of the molecule is CCCCCCCCCCCCOc1ccc(Cl)cc1NC(=O)C(C(=O)C(C)(C)C)N1C(=O)OC(CC)C1=O. The fourth-order valence-electron chi connectivity index (χ4n) is 4.43. The third-order valence-corrected chi connectivity index (χ3v) is 7.01. The number of Topliss-reactive ketones (excluding diaryl/α,β-unsaturated/α-hetero) is 1. The largest absolute Gasteiger partial charge is 0.491 e. The maximum Gasteiger partial charge on any atom is 0.418 e. The van der Waals surface area contributed by atoms with Gasteiger partial charge in [0.25, 0.3) is 11.8 Å². The highest BCUT2D eigenvalue weighted by Gasteiger charge is 2.51. The van der Waals surface area contributed by atoms with Crippen molar-refractivity contribution in [2.24, 2.45) is 5.41 Å². The Morgan fingerprint density at radius 2 is 1.59 bits per heavy atom. The van der Waals surface area contributed by atoms with Crippen molar-refractivity contribution in [3.63, 3.8) is 0 Å². The maximum absolute atomic E-state index is 13.5. The van der Waals surface area contributed by atoms with Crippen molar-refractivity contribution in [1.29, 1.82) is 0 Å². The van der Waals surface area contributed by atoms with Gasteiger partial charge in [0.05, 0.1) is 12.3 Å². The van der Waals surface area contributed by atoms with Gasteiger partial charge in [-0.05, 0) is 31.0 Å². The molecular weight excluding hydrogens is 520 g/mol. The first-order valence-corrected chi connectivity index (χ1v) is 14.7. The highest BCUT2D eigenvalue weighted by atomic mass is 35.5. The number of nitrogens with one attached hydrogen (secondary N) is 1. The van der Waals surface area contributed by atoms with Gasteiger partial charge in [0.15, 0.2) is 17.9 Å². The van der Waals surface area contributed by atoms with Crippen LogP contribution in [0.5, 0.6) is 5.75 Å². The van der Waals surface area contributed by atoms with Gasteiger partial charge >= 0.3 is 6.09 Å². The molecule has 0 spiro atoms. The Kier molecular flexibility index (Phi) is 13.2. The number of unbranched alkanes of at least 4 members (excludes halogenated alkanes) is 9. The first-order valence-electron chi connectivity index (χ1n) is 14.3. The van der Waals surface area contributed by atoms with Crippen LogP contribution in [0.2, 0.25) is 5.02 Å². The molecule has 2 unspecified atom stereocenters. The summed E-state index contributed by atoms with van der Waals surface area (Å²) in [6.07, 6.45) is 10.3. The number of benzene rings is 1. The van der Waals surface area contributed by atoms with Crippen LogP contribution in [0.15, 0.2) is 18.2 Å². The Hall–Kier alpha value is -2.61. The number of imide groups is 1. The smallest absolute Gasteiger partial charge is 0.418 e. The van der Waals surface area contributed by atoms with Crippen LogP contribution in [0, 0.1) is 5.41 Å². The topological polar surface area (TPSA) is 102 Å². The zero-order chi connectivity index (χ0) is 29.0. The average Bonchev–Trinajstić information content (AvgIpc) is 3.16. The van der Waals surface area contributed by atoms with Crippen molar-refractivity contribution in [2.75, 3.05) is 11.9 Å². The van der Waals surface area contributed by atoms with Crippen molar-refractivity contribution in [1.82, 2.24) is 4.90 Å². The molecule has 1 saturated heterocycles. The Morgan fingerprint density at radius 3 is 2.13 bits per heavy atom. The third kappa shape index (κ3) is 9.82. The van der Waals surface area contributed by atoms with E-state index in [0.717, 1.165) is 19.3 Å². The fraction of sp³-hybridized carbons (Fsp3) is 0.667. The van der Waals surface area contributed by atoms with Crippen molar-refractivity contribution >= 4 is 41.0 Å². The minimum Gasteiger partial charge on any atom is -0.491 e. The number of anilines is 1. The van der Waals surface area contributed by atoms with Crippen LogP contribution < -0.4 is 10.1 Å². The van der Waals surface area contributed by atoms with Gasteiger partial charge in [-0.3, -0.25) is 14.4 Å². The molecule has 1 aliphatic rings. The van der Waals surface area contributed by atoms with Gasteiger partial charge in [-0.1, -0.05) is 104 Å². The Bertz CT molecular complexity index is 990. The predicted octanol–water partition coefficient (Wildman–Crippen LogP) is 7.32. The lowest BCUT2D eigenvalue weighted by Gasteiger charge is -2.28. The quantitative estimate of drug-likeness (QED) is 0.157. The summed E-state index contributed by atoms with van der Waals surface area (Å²) in [5.41, 5.74) is -0.742. The number of amides is 3. The van der Waals surface area contributed by atoms with Crippen molar-refractivity contribution in [2.45, 2.75) is 117 Å². The number of ether oxygens (including phenoxy) is 2. The molecule has 2 rings (SSSR count). The monoisotopic (exact) mass is 564 g/mol. The third-order valence-electron chi connectivity index (χ3n) is 6.77. The Balaban J connectivity index is 2.02. The summed E-state index contributed by atoms with van der Waals surface area (Å²) >= 11 is 6.19. The normalized spacial score (nSPS) is 16.3.